The van der Waals surface area contributed by atoms with Crippen LogP contribution in [0.4, 0.5) is 5.69 Å². The second-order valence-corrected chi connectivity index (χ2v) is 6.69. The van der Waals surface area contributed by atoms with E-state index in [-0.39, 0.29) is 17.9 Å². The predicted molar refractivity (Wildman–Crippen MR) is 107 cm³/mol. The zero-order valence-electron chi connectivity index (χ0n) is 15.6. The third-order valence-electron chi connectivity index (χ3n) is 4.63. The van der Waals surface area contributed by atoms with E-state index in [4.69, 9.17) is 5.26 Å². The third-order valence-corrected chi connectivity index (χ3v) is 4.63. The van der Waals surface area contributed by atoms with Crippen LogP contribution in [0.5, 0.6) is 0 Å². The summed E-state index contributed by atoms with van der Waals surface area (Å²) in [5.41, 5.74) is 3.58. The molecule has 140 valence electrons. The molecule has 1 aliphatic rings. The Morgan fingerprint density at radius 2 is 1.82 bits per heavy atom. The average molecular weight is 373 g/mol. The standard InChI is InChI=1S/C22H19N3O3/c1-14-3-9-19(10-4-14)25-21(26)20(15(2)24-25)12-18(22(27)28)11-16-5-7-17(13-23)8-6-16/h3-11,20H,12H2,1-2H3,(H,27,28). The lowest BCUT2D eigenvalue weighted by atomic mass is 9.93. The first-order valence-corrected chi connectivity index (χ1v) is 8.79. The fourth-order valence-electron chi connectivity index (χ4n) is 2.99. The van der Waals surface area contributed by atoms with E-state index < -0.39 is 11.9 Å². The number of hydrazone groups is 1. The van der Waals surface area contributed by atoms with Crippen molar-refractivity contribution in [2.24, 2.45) is 11.0 Å². The Morgan fingerprint density at radius 3 is 2.39 bits per heavy atom. The van der Waals surface area contributed by atoms with Crippen molar-refractivity contribution in [1.82, 2.24) is 0 Å². The number of aliphatic carboxylic acids is 1. The minimum absolute atomic E-state index is 0.0475. The van der Waals surface area contributed by atoms with Gasteiger partial charge in [0.15, 0.2) is 0 Å². The SMILES string of the molecule is CC1=NN(c2ccc(C)cc2)C(=O)C1CC(=Cc1ccc(C#N)cc1)C(=O)O. The number of amides is 1. The van der Waals surface area contributed by atoms with Gasteiger partial charge in [-0.2, -0.15) is 10.4 Å². The van der Waals surface area contributed by atoms with Crippen molar-refractivity contribution < 1.29 is 14.7 Å². The van der Waals surface area contributed by atoms with Crippen molar-refractivity contribution in [2.45, 2.75) is 20.3 Å². The summed E-state index contributed by atoms with van der Waals surface area (Å²) in [4.78, 5) is 24.6. The zero-order chi connectivity index (χ0) is 20.3. The molecule has 0 fully saturated rings. The molecular formula is C22H19N3O3. The number of anilines is 1. The molecule has 0 radical (unpaired) electrons. The van der Waals surface area contributed by atoms with Crippen LogP contribution in [0.1, 0.15) is 30.0 Å². The first kappa shape index (κ1) is 19.1. The molecule has 0 aromatic heterocycles. The van der Waals surface area contributed by atoms with Crippen LogP contribution in [0.2, 0.25) is 0 Å². The van der Waals surface area contributed by atoms with Crippen molar-refractivity contribution in [3.05, 3.63) is 70.8 Å². The molecule has 0 saturated heterocycles. The van der Waals surface area contributed by atoms with E-state index in [0.29, 0.717) is 22.5 Å². The number of nitrogens with zero attached hydrogens (tertiary/aromatic N) is 3. The van der Waals surface area contributed by atoms with Gasteiger partial charge in [-0.3, -0.25) is 4.79 Å². The Hall–Kier alpha value is -3.72. The molecule has 2 aromatic carbocycles. The summed E-state index contributed by atoms with van der Waals surface area (Å²) < 4.78 is 0. The fourth-order valence-corrected chi connectivity index (χ4v) is 2.99. The molecule has 1 heterocycles. The first-order valence-electron chi connectivity index (χ1n) is 8.79. The Bertz CT molecular complexity index is 1010. The molecule has 0 aliphatic carbocycles. The summed E-state index contributed by atoms with van der Waals surface area (Å²) in [7, 11) is 0. The lowest BCUT2D eigenvalue weighted by Crippen LogP contribution is -2.28. The normalized spacial score (nSPS) is 16.7. The van der Waals surface area contributed by atoms with Gasteiger partial charge < -0.3 is 5.11 Å². The third kappa shape index (κ3) is 3.99. The highest BCUT2D eigenvalue weighted by atomic mass is 16.4. The number of carbonyl (C=O) groups excluding carboxylic acids is 1. The summed E-state index contributed by atoms with van der Waals surface area (Å²) in [6, 6.07) is 16.1. The van der Waals surface area contributed by atoms with Crippen molar-refractivity contribution in [2.75, 3.05) is 5.01 Å². The van der Waals surface area contributed by atoms with E-state index in [1.807, 2.05) is 37.3 Å². The van der Waals surface area contributed by atoms with Crippen LogP contribution < -0.4 is 5.01 Å². The van der Waals surface area contributed by atoms with Crippen LogP contribution >= 0.6 is 0 Å². The molecule has 1 unspecified atom stereocenters. The predicted octanol–water partition coefficient (Wildman–Crippen LogP) is 3.76. The number of aryl methyl sites for hydroxylation is 1. The van der Waals surface area contributed by atoms with Crippen LogP contribution in [0.3, 0.4) is 0 Å². The molecular weight excluding hydrogens is 354 g/mol. The quantitative estimate of drug-likeness (QED) is 0.808. The number of carboxylic acid groups (broad SMARTS) is 1. The Morgan fingerprint density at radius 1 is 1.18 bits per heavy atom. The van der Waals surface area contributed by atoms with Gasteiger partial charge >= 0.3 is 5.97 Å². The number of hydrogen-bond donors (Lipinski definition) is 1. The maximum atomic E-state index is 12.9. The number of hydrogen-bond acceptors (Lipinski definition) is 4. The smallest absolute Gasteiger partial charge is 0.331 e. The summed E-state index contributed by atoms with van der Waals surface area (Å²) >= 11 is 0. The van der Waals surface area contributed by atoms with E-state index in [2.05, 4.69) is 5.10 Å². The van der Waals surface area contributed by atoms with Crippen molar-refractivity contribution in [3.63, 3.8) is 0 Å². The molecule has 6 heteroatoms. The lowest BCUT2D eigenvalue weighted by Gasteiger charge is -2.15. The molecule has 1 atom stereocenters. The summed E-state index contributed by atoms with van der Waals surface area (Å²) in [5, 5.41) is 24.1. The molecule has 0 spiro atoms. The fraction of sp³-hybridized carbons (Fsp3) is 0.182. The number of benzene rings is 2. The highest BCUT2D eigenvalue weighted by molar-refractivity contribution is 6.15. The number of rotatable bonds is 5. The molecule has 6 nitrogen and oxygen atoms in total. The van der Waals surface area contributed by atoms with Gasteiger partial charge in [0, 0.05) is 11.3 Å². The minimum Gasteiger partial charge on any atom is -0.478 e. The van der Waals surface area contributed by atoms with Gasteiger partial charge in [-0.15, -0.1) is 0 Å². The molecule has 2 aromatic rings. The summed E-state index contributed by atoms with van der Waals surface area (Å²) in [6.45, 7) is 3.69. The number of carbonyl (C=O) groups is 2. The van der Waals surface area contributed by atoms with Gasteiger partial charge in [0.2, 0.25) is 0 Å². The second-order valence-electron chi connectivity index (χ2n) is 6.69. The van der Waals surface area contributed by atoms with Gasteiger partial charge in [-0.25, -0.2) is 9.80 Å². The van der Waals surface area contributed by atoms with E-state index >= 15 is 0 Å². The van der Waals surface area contributed by atoms with Crippen molar-refractivity contribution in [3.8, 4) is 6.07 Å². The van der Waals surface area contributed by atoms with Gasteiger partial charge in [-0.05, 0) is 56.2 Å². The van der Waals surface area contributed by atoms with Crippen LogP contribution in [-0.4, -0.2) is 22.7 Å². The molecule has 1 aliphatic heterocycles. The maximum Gasteiger partial charge on any atom is 0.331 e. The van der Waals surface area contributed by atoms with Crippen molar-refractivity contribution in [1.29, 1.82) is 5.26 Å². The summed E-state index contributed by atoms with van der Waals surface area (Å²) in [5.74, 6) is -1.95. The van der Waals surface area contributed by atoms with Crippen LogP contribution in [0.25, 0.3) is 6.08 Å². The van der Waals surface area contributed by atoms with Gasteiger partial charge in [0.05, 0.1) is 23.2 Å². The largest absolute Gasteiger partial charge is 0.478 e. The topological polar surface area (TPSA) is 93.8 Å². The molecule has 0 saturated carbocycles. The lowest BCUT2D eigenvalue weighted by molar-refractivity contribution is -0.132. The summed E-state index contributed by atoms with van der Waals surface area (Å²) in [6.07, 6.45) is 1.57. The maximum absolute atomic E-state index is 12.9. The van der Waals surface area contributed by atoms with Crippen molar-refractivity contribution >= 4 is 29.4 Å². The van der Waals surface area contributed by atoms with Crippen LogP contribution in [0, 0.1) is 24.2 Å². The molecule has 1 N–H and O–H groups in total. The number of carboxylic acids is 1. The molecule has 1 amide bonds. The van der Waals surface area contributed by atoms with E-state index in [9.17, 15) is 14.7 Å². The highest BCUT2D eigenvalue weighted by Gasteiger charge is 2.35. The molecule has 28 heavy (non-hydrogen) atoms. The zero-order valence-corrected chi connectivity index (χ0v) is 15.6. The first-order chi connectivity index (χ1) is 13.4. The van der Waals surface area contributed by atoms with Crippen LogP contribution in [-0.2, 0) is 9.59 Å². The van der Waals surface area contributed by atoms with E-state index in [1.54, 1.807) is 31.2 Å². The highest BCUT2D eigenvalue weighted by Crippen LogP contribution is 2.28. The second kappa shape index (κ2) is 7.89. The van der Waals surface area contributed by atoms with Crippen LogP contribution in [0.15, 0.2) is 59.2 Å². The van der Waals surface area contributed by atoms with E-state index in [1.165, 1.54) is 11.1 Å². The molecule has 0 bridgehead atoms. The Kier molecular flexibility index (Phi) is 5.37. The van der Waals surface area contributed by atoms with Gasteiger partial charge in [0.25, 0.3) is 5.91 Å². The average Bonchev–Trinajstić information content (AvgIpc) is 2.96. The minimum atomic E-state index is -1.08. The number of nitriles is 1. The Balaban J connectivity index is 1.83. The van der Waals surface area contributed by atoms with Gasteiger partial charge in [-0.1, -0.05) is 29.8 Å². The molecule has 3 rings (SSSR count). The van der Waals surface area contributed by atoms with Gasteiger partial charge in [0.1, 0.15) is 0 Å². The monoisotopic (exact) mass is 373 g/mol. The van der Waals surface area contributed by atoms with E-state index in [0.717, 1.165) is 5.56 Å². The Labute approximate surface area is 163 Å².